The van der Waals surface area contributed by atoms with Crippen molar-refractivity contribution < 1.29 is 4.74 Å². The van der Waals surface area contributed by atoms with Crippen LogP contribution in [0.2, 0.25) is 0 Å². The molecular formula is C10H18O. The Hall–Kier alpha value is -0.0400. The van der Waals surface area contributed by atoms with E-state index in [2.05, 4.69) is 20.8 Å². The second-order valence-electron chi connectivity index (χ2n) is 4.83. The van der Waals surface area contributed by atoms with Gasteiger partial charge in [0.25, 0.3) is 0 Å². The summed E-state index contributed by atoms with van der Waals surface area (Å²) >= 11 is 0. The van der Waals surface area contributed by atoms with Crippen molar-refractivity contribution in [3.05, 3.63) is 0 Å². The third kappa shape index (κ3) is 0.807. The maximum atomic E-state index is 5.87. The zero-order chi connectivity index (χ0) is 8.11. The molecule has 1 saturated heterocycles. The average molecular weight is 154 g/mol. The first-order chi connectivity index (χ1) is 5.06. The third-order valence-corrected chi connectivity index (χ3v) is 4.24. The lowest BCUT2D eigenvalue weighted by molar-refractivity contribution is -0.137. The van der Waals surface area contributed by atoms with Gasteiger partial charge in [-0.2, -0.15) is 0 Å². The van der Waals surface area contributed by atoms with Crippen molar-refractivity contribution in [1.82, 2.24) is 0 Å². The van der Waals surface area contributed by atoms with Crippen LogP contribution in [-0.2, 0) is 4.74 Å². The van der Waals surface area contributed by atoms with Crippen LogP contribution in [-0.4, -0.2) is 12.2 Å². The van der Waals surface area contributed by atoms with Crippen LogP contribution in [0.1, 0.15) is 40.0 Å². The van der Waals surface area contributed by atoms with Crippen LogP contribution in [0.5, 0.6) is 0 Å². The largest absolute Gasteiger partial charge is 0.375 e. The molecule has 1 saturated carbocycles. The summed E-state index contributed by atoms with van der Waals surface area (Å²) in [5.74, 6) is 0.918. The SMILES string of the molecule is CC12CCC(CCO1)C2(C)C. The van der Waals surface area contributed by atoms with Crippen LogP contribution in [0.25, 0.3) is 0 Å². The van der Waals surface area contributed by atoms with Gasteiger partial charge in [0.05, 0.1) is 5.60 Å². The molecule has 1 aliphatic heterocycles. The van der Waals surface area contributed by atoms with Gasteiger partial charge in [-0.1, -0.05) is 13.8 Å². The van der Waals surface area contributed by atoms with Gasteiger partial charge in [0.2, 0.25) is 0 Å². The maximum Gasteiger partial charge on any atom is 0.0707 e. The summed E-state index contributed by atoms with van der Waals surface area (Å²) in [6, 6.07) is 0. The minimum Gasteiger partial charge on any atom is -0.375 e. The Morgan fingerprint density at radius 1 is 1.18 bits per heavy atom. The molecule has 0 aromatic carbocycles. The van der Waals surface area contributed by atoms with E-state index in [0.717, 1.165) is 12.5 Å². The second kappa shape index (κ2) is 2.01. The fraction of sp³-hybridized carbons (Fsp3) is 1.00. The van der Waals surface area contributed by atoms with Gasteiger partial charge >= 0.3 is 0 Å². The predicted octanol–water partition coefficient (Wildman–Crippen LogP) is 2.60. The number of ether oxygens (including phenoxy) is 1. The molecule has 0 radical (unpaired) electrons. The molecule has 2 unspecified atom stereocenters. The Balaban J connectivity index is 2.33. The zero-order valence-electron chi connectivity index (χ0n) is 7.81. The monoisotopic (exact) mass is 154 g/mol. The van der Waals surface area contributed by atoms with Crippen LogP contribution < -0.4 is 0 Å². The van der Waals surface area contributed by atoms with E-state index in [9.17, 15) is 0 Å². The molecule has 0 amide bonds. The van der Waals surface area contributed by atoms with Gasteiger partial charge in [-0.15, -0.1) is 0 Å². The van der Waals surface area contributed by atoms with Gasteiger partial charge in [-0.25, -0.2) is 0 Å². The summed E-state index contributed by atoms with van der Waals surface area (Å²) in [6.07, 6.45) is 3.93. The number of hydrogen-bond acceptors (Lipinski definition) is 1. The Labute approximate surface area is 69.1 Å². The quantitative estimate of drug-likeness (QED) is 0.521. The summed E-state index contributed by atoms with van der Waals surface area (Å²) in [6.45, 7) is 8.00. The van der Waals surface area contributed by atoms with Crippen molar-refractivity contribution in [3.8, 4) is 0 Å². The fourth-order valence-electron chi connectivity index (χ4n) is 2.75. The van der Waals surface area contributed by atoms with Crippen LogP contribution in [0, 0.1) is 11.3 Å². The number of fused-ring (bicyclic) bond motifs is 2. The van der Waals surface area contributed by atoms with Crippen LogP contribution in [0.3, 0.4) is 0 Å². The molecule has 1 aliphatic carbocycles. The normalized spacial score (nSPS) is 47.7. The Kier molecular flexibility index (Phi) is 1.39. The van der Waals surface area contributed by atoms with Gasteiger partial charge < -0.3 is 4.74 Å². The molecular weight excluding hydrogens is 136 g/mol. The van der Waals surface area contributed by atoms with Crippen molar-refractivity contribution in [2.24, 2.45) is 11.3 Å². The van der Waals surface area contributed by atoms with Crippen LogP contribution in [0.15, 0.2) is 0 Å². The molecule has 0 N–H and O–H groups in total. The molecule has 1 heterocycles. The topological polar surface area (TPSA) is 9.23 Å². The van der Waals surface area contributed by atoms with Gasteiger partial charge in [0.1, 0.15) is 0 Å². The van der Waals surface area contributed by atoms with E-state index >= 15 is 0 Å². The highest BCUT2D eigenvalue weighted by Crippen LogP contribution is 2.55. The fourth-order valence-corrected chi connectivity index (χ4v) is 2.75. The molecule has 0 aromatic heterocycles. The Morgan fingerprint density at radius 3 is 2.45 bits per heavy atom. The molecule has 11 heavy (non-hydrogen) atoms. The third-order valence-electron chi connectivity index (χ3n) is 4.24. The molecule has 2 aliphatic rings. The lowest BCUT2D eigenvalue weighted by Gasteiger charge is -2.45. The second-order valence-corrected chi connectivity index (χ2v) is 4.83. The van der Waals surface area contributed by atoms with Crippen molar-refractivity contribution in [3.63, 3.8) is 0 Å². The van der Waals surface area contributed by atoms with Gasteiger partial charge in [-0.3, -0.25) is 0 Å². The number of rotatable bonds is 0. The molecule has 2 bridgehead atoms. The van der Waals surface area contributed by atoms with Crippen LogP contribution >= 0.6 is 0 Å². The van der Waals surface area contributed by atoms with E-state index in [0.29, 0.717) is 5.41 Å². The maximum absolute atomic E-state index is 5.87. The highest BCUT2D eigenvalue weighted by Gasteiger charge is 2.54. The molecule has 1 nitrogen and oxygen atoms in total. The smallest absolute Gasteiger partial charge is 0.0707 e. The summed E-state index contributed by atoms with van der Waals surface area (Å²) in [5.41, 5.74) is 0.612. The standard InChI is InChI=1S/C10H18O/c1-9(2)8-4-6-10(9,3)11-7-5-8/h8H,4-7H2,1-3H3. The Bertz CT molecular complexity index is 167. The molecule has 0 aromatic rings. The molecule has 1 heteroatoms. The lowest BCUT2D eigenvalue weighted by Crippen LogP contribution is -2.46. The van der Waals surface area contributed by atoms with E-state index in [1.165, 1.54) is 19.3 Å². The molecule has 0 spiro atoms. The van der Waals surface area contributed by atoms with E-state index in [1.54, 1.807) is 0 Å². The molecule has 2 fully saturated rings. The summed E-state index contributed by atoms with van der Waals surface area (Å²) in [5, 5.41) is 0. The van der Waals surface area contributed by atoms with Crippen molar-refractivity contribution in [1.29, 1.82) is 0 Å². The van der Waals surface area contributed by atoms with Gasteiger partial charge in [0.15, 0.2) is 0 Å². The van der Waals surface area contributed by atoms with Crippen LogP contribution in [0.4, 0.5) is 0 Å². The summed E-state index contributed by atoms with van der Waals surface area (Å²) < 4.78 is 5.87. The summed E-state index contributed by atoms with van der Waals surface area (Å²) in [7, 11) is 0. The minimum atomic E-state index is 0.190. The zero-order valence-corrected chi connectivity index (χ0v) is 7.81. The Morgan fingerprint density at radius 2 is 1.91 bits per heavy atom. The number of hydrogen-bond donors (Lipinski definition) is 0. The van der Waals surface area contributed by atoms with E-state index < -0.39 is 0 Å². The van der Waals surface area contributed by atoms with E-state index in [4.69, 9.17) is 4.74 Å². The highest BCUT2D eigenvalue weighted by atomic mass is 16.5. The van der Waals surface area contributed by atoms with Gasteiger partial charge in [-0.05, 0) is 37.5 Å². The molecule has 2 rings (SSSR count). The van der Waals surface area contributed by atoms with E-state index in [1.807, 2.05) is 0 Å². The van der Waals surface area contributed by atoms with Crippen molar-refractivity contribution >= 4 is 0 Å². The minimum absolute atomic E-state index is 0.190. The average Bonchev–Trinajstić information content (AvgIpc) is 2.17. The summed E-state index contributed by atoms with van der Waals surface area (Å²) in [4.78, 5) is 0. The molecule has 64 valence electrons. The first-order valence-electron chi connectivity index (χ1n) is 4.70. The van der Waals surface area contributed by atoms with E-state index in [-0.39, 0.29) is 5.60 Å². The molecule has 2 atom stereocenters. The lowest BCUT2D eigenvalue weighted by atomic mass is 9.71. The first kappa shape index (κ1) is 7.60. The van der Waals surface area contributed by atoms with Crippen molar-refractivity contribution in [2.45, 2.75) is 45.6 Å². The van der Waals surface area contributed by atoms with Gasteiger partial charge in [0, 0.05) is 6.61 Å². The predicted molar refractivity (Wildman–Crippen MR) is 45.5 cm³/mol. The highest BCUT2D eigenvalue weighted by molar-refractivity contribution is 5.04. The first-order valence-corrected chi connectivity index (χ1v) is 4.70. The van der Waals surface area contributed by atoms with Crippen molar-refractivity contribution in [2.75, 3.05) is 6.61 Å².